The lowest BCUT2D eigenvalue weighted by molar-refractivity contribution is 0.195. The first-order valence-electron chi connectivity index (χ1n) is 2.99. The first kappa shape index (κ1) is 8.97. The van der Waals surface area contributed by atoms with E-state index in [4.69, 9.17) is 10.8 Å². The molecule has 0 fully saturated rings. The van der Waals surface area contributed by atoms with Crippen molar-refractivity contribution in [2.24, 2.45) is 5.73 Å². The van der Waals surface area contributed by atoms with Gasteiger partial charge in [-0.25, -0.2) is 4.79 Å². The molecule has 58 valence electrons. The van der Waals surface area contributed by atoms with Gasteiger partial charge >= 0.3 is 6.09 Å². The maximum absolute atomic E-state index is 9.94. The molecule has 0 atom stereocenters. The highest BCUT2D eigenvalue weighted by Gasteiger charge is 1.92. The number of rotatable bonds is 3. The molecule has 4 N–H and O–H groups in total. The minimum Gasteiger partial charge on any atom is -0.465 e. The van der Waals surface area contributed by atoms with E-state index in [1.54, 1.807) is 6.08 Å². The summed E-state index contributed by atoms with van der Waals surface area (Å²) >= 11 is 0. The second kappa shape index (κ2) is 4.81. The number of hydrogen-bond donors (Lipinski definition) is 3. The van der Waals surface area contributed by atoms with Gasteiger partial charge in [0.1, 0.15) is 0 Å². The molecule has 0 aromatic heterocycles. The highest BCUT2D eigenvalue weighted by atomic mass is 16.4. The molecule has 10 heavy (non-hydrogen) atoms. The lowest BCUT2D eigenvalue weighted by Gasteiger charge is -1.98. The smallest absolute Gasteiger partial charge is 0.404 e. The van der Waals surface area contributed by atoms with E-state index in [1.165, 1.54) is 0 Å². The van der Waals surface area contributed by atoms with E-state index in [2.05, 4.69) is 5.32 Å². The van der Waals surface area contributed by atoms with E-state index in [0.717, 1.165) is 5.57 Å². The van der Waals surface area contributed by atoms with Crippen LogP contribution < -0.4 is 11.1 Å². The van der Waals surface area contributed by atoms with Crippen LogP contribution in [0.2, 0.25) is 0 Å². The molecular formula is C6H12N2O2. The van der Waals surface area contributed by atoms with Crippen molar-refractivity contribution in [2.45, 2.75) is 6.92 Å². The van der Waals surface area contributed by atoms with Crippen LogP contribution in [0.5, 0.6) is 0 Å². The third kappa shape index (κ3) is 5.11. The normalized spacial score (nSPS) is 11.2. The van der Waals surface area contributed by atoms with Gasteiger partial charge in [-0.1, -0.05) is 11.6 Å². The van der Waals surface area contributed by atoms with Crippen molar-refractivity contribution in [3.63, 3.8) is 0 Å². The zero-order valence-electron chi connectivity index (χ0n) is 5.92. The van der Waals surface area contributed by atoms with E-state index >= 15 is 0 Å². The maximum atomic E-state index is 9.94. The van der Waals surface area contributed by atoms with Gasteiger partial charge in [-0.3, -0.25) is 0 Å². The molecular weight excluding hydrogens is 132 g/mol. The van der Waals surface area contributed by atoms with Gasteiger partial charge in [0, 0.05) is 13.1 Å². The van der Waals surface area contributed by atoms with Crippen molar-refractivity contribution in [3.05, 3.63) is 11.6 Å². The number of carboxylic acid groups (broad SMARTS) is 1. The number of nitrogens with one attached hydrogen (secondary N) is 1. The number of hydrogen-bond acceptors (Lipinski definition) is 2. The molecule has 0 radical (unpaired) electrons. The third-order valence-electron chi connectivity index (χ3n) is 0.985. The molecule has 4 nitrogen and oxygen atoms in total. The molecule has 0 unspecified atom stereocenters. The molecule has 0 heterocycles. The Balaban J connectivity index is 3.48. The lowest BCUT2D eigenvalue weighted by atomic mass is 10.3. The van der Waals surface area contributed by atoms with E-state index in [9.17, 15) is 4.79 Å². The van der Waals surface area contributed by atoms with Crippen molar-refractivity contribution in [2.75, 3.05) is 13.1 Å². The van der Waals surface area contributed by atoms with E-state index in [1.807, 2.05) is 6.92 Å². The van der Waals surface area contributed by atoms with Gasteiger partial charge in [-0.15, -0.1) is 0 Å². The molecule has 0 aliphatic rings. The van der Waals surface area contributed by atoms with Gasteiger partial charge in [0.15, 0.2) is 0 Å². The zero-order valence-corrected chi connectivity index (χ0v) is 5.92. The highest BCUT2D eigenvalue weighted by Crippen LogP contribution is 1.86. The topological polar surface area (TPSA) is 75.3 Å². The highest BCUT2D eigenvalue weighted by molar-refractivity contribution is 5.64. The monoisotopic (exact) mass is 144 g/mol. The molecule has 0 saturated heterocycles. The Morgan fingerprint density at radius 2 is 2.40 bits per heavy atom. The van der Waals surface area contributed by atoms with Crippen LogP contribution in [0.3, 0.4) is 0 Å². The third-order valence-corrected chi connectivity index (χ3v) is 0.985. The summed E-state index contributed by atoms with van der Waals surface area (Å²) in [6.07, 6.45) is 0.764. The Morgan fingerprint density at radius 3 is 2.80 bits per heavy atom. The molecule has 0 spiro atoms. The molecule has 4 heteroatoms. The predicted octanol–water partition coefficient (Wildman–Crippen LogP) is 0.159. The second-order valence-corrected chi connectivity index (χ2v) is 1.94. The number of amides is 1. The fourth-order valence-electron chi connectivity index (χ4n) is 0.488. The summed E-state index contributed by atoms with van der Waals surface area (Å²) in [5.74, 6) is 0. The summed E-state index contributed by atoms with van der Waals surface area (Å²) in [6.45, 7) is 2.63. The summed E-state index contributed by atoms with van der Waals surface area (Å²) in [6, 6.07) is 0. The van der Waals surface area contributed by atoms with Crippen LogP contribution in [0.15, 0.2) is 11.6 Å². The van der Waals surface area contributed by atoms with Gasteiger partial charge in [0.2, 0.25) is 0 Å². The van der Waals surface area contributed by atoms with Crippen molar-refractivity contribution in [1.82, 2.24) is 5.32 Å². The largest absolute Gasteiger partial charge is 0.465 e. The Kier molecular flexibility index (Phi) is 4.32. The molecule has 0 bridgehead atoms. The van der Waals surface area contributed by atoms with Gasteiger partial charge in [-0.2, -0.15) is 0 Å². The van der Waals surface area contributed by atoms with Crippen molar-refractivity contribution < 1.29 is 9.90 Å². The van der Waals surface area contributed by atoms with Crippen LogP contribution in [0.25, 0.3) is 0 Å². The molecule has 0 aliphatic heterocycles. The van der Waals surface area contributed by atoms with E-state index < -0.39 is 6.09 Å². The summed E-state index contributed by atoms with van der Waals surface area (Å²) in [5, 5.41) is 10.4. The average Bonchev–Trinajstić information content (AvgIpc) is 1.85. The fourth-order valence-corrected chi connectivity index (χ4v) is 0.488. The van der Waals surface area contributed by atoms with Crippen molar-refractivity contribution in [1.29, 1.82) is 0 Å². The Labute approximate surface area is 59.7 Å². The van der Waals surface area contributed by atoms with Gasteiger partial charge in [0.25, 0.3) is 0 Å². The molecule has 0 rings (SSSR count). The van der Waals surface area contributed by atoms with Crippen LogP contribution in [0, 0.1) is 0 Å². The first-order valence-corrected chi connectivity index (χ1v) is 2.99. The minimum absolute atomic E-state index is 0.354. The summed E-state index contributed by atoms with van der Waals surface area (Å²) in [5.41, 5.74) is 6.12. The van der Waals surface area contributed by atoms with Crippen LogP contribution >= 0.6 is 0 Å². The van der Waals surface area contributed by atoms with E-state index in [-0.39, 0.29) is 0 Å². The van der Waals surface area contributed by atoms with Crippen LogP contribution in [-0.2, 0) is 0 Å². The minimum atomic E-state index is -1.01. The number of carbonyl (C=O) groups is 1. The van der Waals surface area contributed by atoms with Crippen LogP contribution in [0.1, 0.15) is 6.92 Å². The predicted molar refractivity (Wildman–Crippen MR) is 38.8 cm³/mol. The Hall–Kier alpha value is -1.03. The summed E-state index contributed by atoms with van der Waals surface area (Å²) < 4.78 is 0. The van der Waals surface area contributed by atoms with Crippen molar-refractivity contribution >= 4 is 6.09 Å². The fraction of sp³-hybridized carbons (Fsp3) is 0.500. The first-order chi connectivity index (χ1) is 4.66. The summed E-state index contributed by atoms with van der Waals surface area (Å²) in [7, 11) is 0. The second-order valence-electron chi connectivity index (χ2n) is 1.94. The molecule has 1 amide bonds. The standard InChI is InChI=1S/C6H12N2O2/c1-5(2-3-7)4-8-6(9)10/h2,8H,3-4,7H2,1H3,(H,9,10)/b5-2+. The van der Waals surface area contributed by atoms with Gasteiger partial charge in [0.05, 0.1) is 0 Å². The molecule has 0 aromatic carbocycles. The Morgan fingerprint density at radius 1 is 1.80 bits per heavy atom. The maximum Gasteiger partial charge on any atom is 0.404 e. The Bertz CT molecular complexity index is 143. The van der Waals surface area contributed by atoms with Crippen LogP contribution in [-0.4, -0.2) is 24.3 Å². The zero-order chi connectivity index (χ0) is 7.98. The lowest BCUT2D eigenvalue weighted by Crippen LogP contribution is -2.22. The number of nitrogens with two attached hydrogens (primary N) is 1. The van der Waals surface area contributed by atoms with E-state index in [0.29, 0.717) is 13.1 Å². The quantitative estimate of drug-likeness (QED) is 0.494. The van der Waals surface area contributed by atoms with Gasteiger partial charge < -0.3 is 16.2 Å². The molecule has 0 aliphatic carbocycles. The van der Waals surface area contributed by atoms with Crippen LogP contribution in [0.4, 0.5) is 4.79 Å². The molecule has 0 aromatic rings. The van der Waals surface area contributed by atoms with Gasteiger partial charge in [-0.05, 0) is 6.92 Å². The van der Waals surface area contributed by atoms with Crippen molar-refractivity contribution in [3.8, 4) is 0 Å². The summed E-state index contributed by atoms with van der Waals surface area (Å²) in [4.78, 5) is 9.94. The SMILES string of the molecule is C/C(=C\CN)CNC(=O)O. The molecule has 0 saturated carbocycles. The average molecular weight is 144 g/mol.